The van der Waals surface area contributed by atoms with Crippen molar-refractivity contribution < 1.29 is 19.7 Å². The molecule has 8 nitrogen and oxygen atoms in total. The number of aromatic nitrogens is 3. The van der Waals surface area contributed by atoms with Crippen LogP contribution in [-0.4, -0.2) is 44.4 Å². The predicted molar refractivity (Wildman–Crippen MR) is 132 cm³/mol. The van der Waals surface area contributed by atoms with Crippen molar-refractivity contribution in [3.05, 3.63) is 88.7 Å². The van der Waals surface area contributed by atoms with Gasteiger partial charge >= 0.3 is 5.97 Å². The van der Waals surface area contributed by atoms with E-state index in [0.717, 1.165) is 27.1 Å². The van der Waals surface area contributed by atoms with Gasteiger partial charge in [-0.15, -0.1) is 5.10 Å². The number of nitrogens with zero attached hydrogens (tertiary/aromatic N) is 3. The SMILES string of the molecule is COc1ccc(-c2ccc(CC[C@H](O)[C@H](CCn3nnc4ccccc4c3=O)C(=O)O)cc2)cc1. The van der Waals surface area contributed by atoms with E-state index in [-0.39, 0.29) is 24.9 Å². The van der Waals surface area contributed by atoms with E-state index in [2.05, 4.69) is 10.3 Å². The number of carbonyl (C=O) groups is 1. The van der Waals surface area contributed by atoms with Crippen LogP contribution in [0.3, 0.4) is 0 Å². The Morgan fingerprint density at radius 3 is 2.29 bits per heavy atom. The average Bonchev–Trinajstić information content (AvgIpc) is 2.89. The molecule has 0 aliphatic carbocycles. The molecule has 0 aliphatic rings. The highest BCUT2D eigenvalue weighted by Crippen LogP contribution is 2.24. The number of aryl methyl sites for hydroxylation is 2. The summed E-state index contributed by atoms with van der Waals surface area (Å²) in [5.41, 5.74) is 3.28. The number of aliphatic hydroxyl groups excluding tert-OH is 1. The van der Waals surface area contributed by atoms with E-state index in [4.69, 9.17) is 4.74 Å². The molecule has 4 rings (SSSR count). The molecule has 4 aromatic rings. The molecule has 0 bridgehead atoms. The zero-order chi connectivity index (χ0) is 24.8. The number of benzene rings is 3. The van der Waals surface area contributed by atoms with Crippen LogP contribution < -0.4 is 10.3 Å². The lowest BCUT2D eigenvalue weighted by Crippen LogP contribution is -2.32. The molecule has 0 saturated heterocycles. The molecule has 0 fully saturated rings. The van der Waals surface area contributed by atoms with Gasteiger partial charge in [-0.1, -0.05) is 53.7 Å². The number of aliphatic hydroxyl groups is 1. The Kier molecular flexibility index (Phi) is 7.52. The Balaban J connectivity index is 1.36. The van der Waals surface area contributed by atoms with Gasteiger partial charge in [0.05, 0.1) is 24.5 Å². The van der Waals surface area contributed by atoms with Crippen molar-refractivity contribution in [3.8, 4) is 16.9 Å². The second-order valence-electron chi connectivity index (χ2n) is 8.40. The first kappa shape index (κ1) is 24.1. The summed E-state index contributed by atoms with van der Waals surface area (Å²) in [5, 5.41) is 28.6. The van der Waals surface area contributed by atoms with Crippen LogP contribution in [-0.2, 0) is 17.8 Å². The van der Waals surface area contributed by atoms with Crippen molar-refractivity contribution in [2.24, 2.45) is 5.92 Å². The van der Waals surface area contributed by atoms with Crippen molar-refractivity contribution >= 4 is 16.9 Å². The molecule has 2 atom stereocenters. The van der Waals surface area contributed by atoms with Gasteiger partial charge in [0.2, 0.25) is 0 Å². The Morgan fingerprint density at radius 2 is 1.63 bits per heavy atom. The lowest BCUT2D eigenvalue weighted by molar-refractivity contribution is -0.146. The molecule has 3 aromatic carbocycles. The van der Waals surface area contributed by atoms with Crippen molar-refractivity contribution in [3.63, 3.8) is 0 Å². The van der Waals surface area contributed by atoms with Gasteiger partial charge in [-0.2, -0.15) is 0 Å². The molecule has 180 valence electrons. The van der Waals surface area contributed by atoms with Gasteiger partial charge in [0.15, 0.2) is 0 Å². The first-order valence-electron chi connectivity index (χ1n) is 11.4. The van der Waals surface area contributed by atoms with E-state index in [1.165, 1.54) is 0 Å². The quantitative estimate of drug-likeness (QED) is 0.362. The third kappa shape index (κ3) is 5.73. The molecule has 0 radical (unpaired) electrons. The normalized spacial score (nSPS) is 12.9. The fourth-order valence-electron chi connectivity index (χ4n) is 4.07. The molecule has 35 heavy (non-hydrogen) atoms. The third-order valence-electron chi connectivity index (χ3n) is 6.17. The molecule has 0 aliphatic heterocycles. The molecule has 0 amide bonds. The summed E-state index contributed by atoms with van der Waals surface area (Å²) in [5.74, 6) is -1.33. The number of hydrogen-bond acceptors (Lipinski definition) is 6. The highest BCUT2D eigenvalue weighted by Gasteiger charge is 2.26. The minimum atomic E-state index is -1.10. The zero-order valence-electron chi connectivity index (χ0n) is 19.4. The van der Waals surface area contributed by atoms with Gasteiger partial charge in [-0.05, 0) is 60.2 Å². The lowest BCUT2D eigenvalue weighted by atomic mass is 9.93. The predicted octanol–water partition coefficient (Wildman–Crippen LogP) is 3.55. The maximum atomic E-state index is 12.6. The van der Waals surface area contributed by atoms with Crippen LogP contribution in [0.25, 0.3) is 22.0 Å². The first-order valence-corrected chi connectivity index (χ1v) is 11.4. The summed E-state index contributed by atoms with van der Waals surface area (Å²) >= 11 is 0. The number of hydrogen-bond donors (Lipinski definition) is 2. The number of aliphatic carboxylic acids is 1. The van der Waals surface area contributed by atoms with Crippen LogP contribution in [0, 0.1) is 5.92 Å². The van der Waals surface area contributed by atoms with Crippen molar-refractivity contribution in [1.29, 1.82) is 0 Å². The summed E-state index contributed by atoms with van der Waals surface area (Å²) < 4.78 is 6.35. The van der Waals surface area contributed by atoms with Crippen LogP contribution in [0.15, 0.2) is 77.6 Å². The number of methoxy groups -OCH3 is 1. The molecule has 0 spiro atoms. The Bertz CT molecular complexity index is 1350. The highest BCUT2D eigenvalue weighted by molar-refractivity contribution is 5.76. The monoisotopic (exact) mass is 473 g/mol. The summed E-state index contributed by atoms with van der Waals surface area (Å²) in [4.78, 5) is 24.4. The number of fused-ring (bicyclic) bond motifs is 1. The van der Waals surface area contributed by atoms with E-state index in [9.17, 15) is 19.8 Å². The number of rotatable bonds is 10. The molecule has 1 heterocycles. The highest BCUT2D eigenvalue weighted by atomic mass is 16.5. The van der Waals surface area contributed by atoms with E-state index >= 15 is 0 Å². The maximum absolute atomic E-state index is 12.6. The second kappa shape index (κ2) is 10.9. The van der Waals surface area contributed by atoms with Crippen LogP contribution in [0.1, 0.15) is 18.4 Å². The van der Waals surface area contributed by atoms with E-state index in [1.807, 2.05) is 48.5 Å². The summed E-state index contributed by atoms with van der Waals surface area (Å²) in [6.07, 6.45) is -0.168. The molecule has 2 N–H and O–H groups in total. The van der Waals surface area contributed by atoms with Crippen molar-refractivity contribution in [2.45, 2.75) is 31.9 Å². The van der Waals surface area contributed by atoms with Gasteiger partial charge in [0.1, 0.15) is 11.3 Å². The molecule has 8 heteroatoms. The zero-order valence-corrected chi connectivity index (χ0v) is 19.4. The number of ether oxygens (including phenoxy) is 1. The fourth-order valence-corrected chi connectivity index (χ4v) is 4.07. The van der Waals surface area contributed by atoms with E-state index in [1.54, 1.807) is 31.4 Å². The minimum Gasteiger partial charge on any atom is -0.497 e. The summed E-state index contributed by atoms with van der Waals surface area (Å²) in [6, 6.07) is 22.6. The number of carboxylic acid groups (broad SMARTS) is 1. The first-order chi connectivity index (χ1) is 17.0. The van der Waals surface area contributed by atoms with Crippen LogP contribution in [0.2, 0.25) is 0 Å². The van der Waals surface area contributed by atoms with Crippen molar-refractivity contribution in [1.82, 2.24) is 15.0 Å². The molecule has 1 aromatic heterocycles. The second-order valence-corrected chi connectivity index (χ2v) is 8.40. The largest absolute Gasteiger partial charge is 0.497 e. The maximum Gasteiger partial charge on any atom is 0.309 e. The van der Waals surface area contributed by atoms with Gasteiger partial charge in [-0.3, -0.25) is 9.59 Å². The van der Waals surface area contributed by atoms with Crippen LogP contribution in [0.4, 0.5) is 0 Å². The van der Waals surface area contributed by atoms with Gasteiger partial charge in [0, 0.05) is 6.54 Å². The van der Waals surface area contributed by atoms with Crippen LogP contribution in [0.5, 0.6) is 5.75 Å². The standard InChI is InChI=1S/C27H27N3O5/c1-35-21-13-11-20(12-14-21)19-9-6-18(7-10-19)8-15-25(31)23(27(33)34)16-17-30-26(32)22-4-2-3-5-24(22)28-29-30/h2-7,9-14,23,25,31H,8,15-17H2,1H3,(H,33,34)/t23-,25-/m0/s1. The third-order valence-corrected chi connectivity index (χ3v) is 6.17. The van der Waals surface area contributed by atoms with Crippen LogP contribution >= 0.6 is 0 Å². The minimum absolute atomic E-state index is 0.0568. The Hall–Kier alpha value is -4.04. The van der Waals surface area contributed by atoms with Gasteiger partial charge < -0.3 is 14.9 Å². The van der Waals surface area contributed by atoms with Crippen molar-refractivity contribution in [2.75, 3.05) is 7.11 Å². The summed E-state index contributed by atoms with van der Waals surface area (Å²) in [6.45, 7) is 0.0568. The topological polar surface area (TPSA) is 115 Å². The van der Waals surface area contributed by atoms with Gasteiger partial charge in [0.25, 0.3) is 5.56 Å². The molecular weight excluding hydrogens is 446 g/mol. The summed E-state index contributed by atoms with van der Waals surface area (Å²) in [7, 11) is 1.63. The molecular formula is C27H27N3O5. The molecule has 0 saturated carbocycles. The Morgan fingerprint density at radius 1 is 0.971 bits per heavy atom. The smallest absolute Gasteiger partial charge is 0.309 e. The Labute approximate surface area is 202 Å². The number of carboxylic acids is 1. The molecule has 0 unspecified atom stereocenters. The van der Waals surface area contributed by atoms with E-state index in [0.29, 0.717) is 17.3 Å². The fraction of sp³-hybridized carbons (Fsp3) is 0.259. The van der Waals surface area contributed by atoms with E-state index < -0.39 is 18.0 Å². The lowest BCUT2D eigenvalue weighted by Gasteiger charge is -2.19. The average molecular weight is 474 g/mol. The van der Waals surface area contributed by atoms with Gasteiger partial charge in [-0.25, -0.2) is 4.68 Å².